The number of nitrogens with zero attached hydrogens (tertiary/aromatic N) is 5. The third kappa shape index (κ3) is 3.79. The number of rotatable bonds is 4. The van der Waals surface area contributed by atoms with Gasteiger partial charge in [-0.1, -0.05) is 19.9 Å². The first-order chi connectivity index (χ1) is 11.6. The van der Waals surface area contributed by atoms with E-state index >= 15 is 0 Å². The summed E-state index contributed by atoms with van der Waals surface area (Å²) in [6.45, 7) is 6.89. The van der Waals surface area contributed by atoms with E-state index in [1.54, 1.807) is 6.20 Å². The SMILES string of the molecule is CC(C)C(=O)N1CCN(c2ccc(Nc3ccccn3)nn2)CC1. The summed E-state index contributed by atoms with van der Waals surface area (Å²) in [4.78, 5) is 20.3. The highest BCUT2D eigenvalue weighted by Gasteiger charge is 2.23. The molecule has 1 fully saturated rings. The van der Waals surface area contributed by atoms with Crippen molar-refractivity contribution >= 4 is 23.4 Å². The van der Waals surface area contributed by atoms with E-state index in [0.717, 1.165) is 37.8 Å². The fourth-order valence-electron chi connectivity index (χ4n) is 2.65. The minimum absolute atomic E-state index is 0.0493. The van der Waals surface area contributed by atoms with Gasteiger partial charge in [0.1, 0.15) is 5.82 Å². The molecule has 0 aromatic carbocycles. The fourth-order valence-corrected chi connectivity index (χ4v) is 2.65. The molecule has 24 heavy (non-hydrogen) atoms. The Kier molecular flexibility index (Phi) is 4.88. The van der Waals surface area contributed by atoms with Crippen molar-refractivity contribution in [1.29, 1.82) is 0 Å². The molecule has 1 saturated heterocycles. The topological polar surface area (TPSA) is 74.2 Å². The molecular weight excluding hydrogens is 304 g/mol. The molecule has 0 bridgehead atoms. The first-order valence-electron chi connectivity index (χ1n) is 8.19. The van der Waals surface area contributed by atoms with Gasteiger partial charge in [0.15, 0.2) is 11.6 Å². The molecule has 1 N–H and O–H groups in total. The Hall–Kier alpha value is -2.70. The summed E-state index contributed by atoms with van der Waals surface area (Å²) in [5.74, 6) is 2.49. The Balaban J connectivity index is 1.58. The molecule has 1 amide bonds. The standard InChI is InChI=1S/C17H22N6O/c1-13(2)17(24)23-11-9-22(10-12-23)16-7-6-15(20-21-16)19-14-5-3-4-8-18-14/h3-8,13H,9-12H2,1-2H3,(H,18,19,20). The van der Waals surface area contributed by atoms with Crippen LogP contribution >= 0.6 is 0 Å². The molecular formula is C17H22N6O. The summed E-state index contributed by atoms with van der Waals surface area (Å²) in [6.07, 6.45) is 1.72. The molecule has 7 nitrogen and oxygen atoms in total. The van der Waals surface area contributed by atoms with Crippen molar-refractivity contribution in [2.75, 3.05) is 36.4 Å². The van der Waals surface area contributed by atoms with E-state index < -0.39 is 0 Å². The summed E-state index contributed by atoms with van der Waals surface area (Å²) in [5.41, 5.74) is 0. The van der Waals surface area contributed by atoms with Crippen LogP contribution in [0.2, 0.25) is 0 Å². The van der Waals surface area contributed by atoms with E-state index in [4.69, 9.17) is 0 Å². The van der Waals surface area contributed by atoms with Crippen molar-refractivity contribution in [3.05, 3.63) is 36.5 Å². The Morgan fingerprint density at radius 3 is 2.42 bits per heavy atom. The number of piperazine rings is 1. The molecule has 0 aliphatic carbocycles. The Morgan fingerprint density at radius 1 is 1.04 bits per heavy atom. The molecule has 1 aliphatic rings. The lowest BCUT2D eigenvalue weighted by molar-refractivity contribution is -0.134. The number of amides is 1. The van der Waals surface area contributed by atoms with E-state index in [9.17, 15) is 4.79 Å². The van der Waals surface area contributed by atoms with E-state index in [2.05, 4.69) is 25.4 Å². The summed E-state index contributed by atoms with van der Waals surface area (Å²) in [6, 6.07) is 9.49. The van der Waals surface area contributed by atoms with E-state index in [1.807, 2.05) is 49.1 Å². The number of hydrogen-bond donors (Lipinski definition) is 1. The average Bonchev–Trinajstić information content (AvgIpc) is 2.63. The zero-order valence-corrected chi connectivity index (χ0v) is 14.0. The largest absolute Gasteiger partial charge is 0.352 e. The Morgan fingerprint density at radius 2 is 1.83 bits per heavy atom. The smallest absolute Gasteiger partial charge is 0.225 e. The van der Waals surface area contributed by atoms with E-state index in [0.29, 0.717) is 5.82 Å². The molecule has 126 valence electrons. The second-order valence-electron chi connectivity index (χ2n) is 6.08. The predicted octanol–water partition coefficient (Wildman–Crippen LogP) is 1.92. The number of carbonyl (C=O) groups is 1. The van der Waals surface area contributed by atoms with Gasteiger partial charge < -0.3 is 15.1 Å². The van der Waals surface area contributed by atoms with Crippen molar-refractivity contribution in [2.45, 2.75) is 13.8 Å². The maximum atomic E-state index is 12.0. The highest BCUT2D eigenvalue weighted by atomic mass is 16.2. The molecule has 3 heterocycles. The zero-order chi connectivity index (χ0) is 16.9. The third-order valence-corrected chi connectivity index (χ3v) is 3.98. The predicted molar refractivity (Wildman–Crippen MR) is 93.2 cm³/mol. The van der Waals surface area contributed by atoms with Gasteiger partial charge in [-0.3, -0.25) is 4.79 Å². The van der Waals surface area contributed by atoms with E-state index in [-0.39, 0.29) is 11.8 Å². The van der Waals surface area contributed by atoms with Gasteiger partial charge in [-0.2, -0.15) is 0 Å². The molecule has 3 rings (SSSR count). The average molecular weight is 326 g/mol. The van der Waals surface area contributed by atoms with Crippen molar-refractivity contribution < 1.29 is 4.79 Å². The van der Waals surface area contributed by atoms with Crippen molar-refractivity contribution in [2.24, 2.45) is 5.92 Å². The highest BCUT2D eigenvalue weighted by molar-refractivity contribution is 5.78. The molecule has 0 spiro atoms. The zero-order valence-electron chi connectivity index (χ0n) is 14.0. The third-order valence-electron chi connectivity index (χ3n) is 3.98. The highest BCUT2D eigenvalue weighted by Crippen LogP contribution is 2.17. The number of anilines is 3. The molecule has 0 atom stereocenters. The summed E-state index contributed by atoms with van der Waals surface area (Å²) >= 11 is 0. The maximum Gasteiger partial charge on any atom is 0.225 e. The van der Waals surface area contributed by atoms with Crippen LogP contribution in [-0.4, -0.2) is 52.2 Å². The van der Waals surface area contributed by atoms with E-state index in [1.165, 1.54) is 0 Å². The normalized spacial score (nSPS) is 14.8. The minimum Gasteiger partial charge on any atom is -0.352 e. The first-order valence-corrected chi connectivity index (χ1v) is 8.19. The van der Waals surface area contributed by atoms with Crippen molar-refractivity contribution in [3.8, 4) is 0 Å². The van der Waals surface area contributed by atoms with Crippen molar-refractivity contribution in [1.82, 2.24) is 20.1 Å². The van der Waals surface area contributed by atoms with Crippen LogP contribution in [0.1, 0.15) is 13.8 Å². The second-order valence-corrected chi connectivity index (χ2v) is 6.08. The lowest BCUT2D eigenvalue weighted by Crippen LogP contribution is -2.50. The van der Waals surface area contributed by atoms with Gasteiger partial charge in [0, 0.05) is 38.3 Å². The van der Waals surface area contributed by atoms with Crippen molar-refractivity contribution in [3.63, 3.8) is 0 Å². The summed E-state index contributed by atoms with van der Waals surface area (Å²) in [5, 5.41) is 11.6. The van der Waals surface area contributed by atoms with Crippen LogP contribution in [0.25, 0.3) is 0 Å². The Bertz CT molecular complexity index is 665. The fraction of sp³-hybridized carbons (Fsp3) is 0.412. The van der Waals surface area contributed by atoms with Gasteiger partial charge in [0.25, 0.3) is 0 Å². The number of carbonyl (C=O) groups excluding carboxylic acids is 1. The Labute approximate surface area is 141 Å². The van der Waals surface area contributed by atoms with Crippen LogP contribution in [0.4, 0.5) is 17.5 Å². The quantitative estimate of drug-likeness (QED) is 0.925. The summed E-state index contributed by atoms with van der Waals surface area (Å²) < 4.78 is 0. The van der Waals surface area contributed by atoms with Gasteiger partial charge in [-0.25, -0.2) is 4.98 Å². The minimum atomic E-state index is 0.0493. The first kappa shape index (κ1) is 16.2. The number of hydrogen-bond acceptors (Lipinski definition) is 6. The summed E-state index contributed by atoms with van der Waals surface area (Å²) in [7, 11) is 0. The monoisotopic (exact) mass is 326 g/mol. The van der Waals surface area contributed by atoms with Crippen LogP contribution in [-0.2, 0) is 4.79 Å². The van der Waals surface area contributed by atoms with Crippen LogP contribution in [0.15, 0.2) is 36.5 Å². The van der Waals surface area contributed by atoms with Gasteiger partial charge in [0.05, 0.1) is 0 Å². The maximum absolute atomic E-state index is 12.0. The molecule has 0 unspecified atom stereocenters. The van der Waals surface area contributed by atoms with Gasteiger partial charge in [-0.05, 0) is 24.3 Å². The van der Waals surface area contributed by atoms with Gasteiger partial charge >= 0.3 is 0 Å². The number of nitrogens with one attached hydrogen (secondary N) is 1. The number of pyridine rings is 1. The lowest BCUT2D eigenvalue weighted by atomic mass is 10.1. The van der Waals surface area contributed by atoms with Crippen LogP contribution < -0.4 is 10.2 Å². The molecule has 0 saturated carbocycles. The second kappa shape index (κ2) is 7.25. The molecule has 1 aliphatic heterocycles. The molecule has 0 radical (unpaired) electrons. The van der Waals surface area contributed by atoms with Gasteiger partial charge in [-0.15, -0.1) is 10.2 Å². The molecule has 2 aromatic rings. The molecule has 7 heteroatoms. The van der Waals surface area contributed by atoms with Crippen LogP contribution in [0, 0.1) is 5.92 Å². The van der Waals surface area contributed by atoms with Crippen LogP contribution in [0.5, 0.6) is 0 Å². The van der Waals surface area contributed by atoms with Gasteiger partial charge in [0.2, 0.25) is 5.91 Å². The van der Waals surface area contributed by atoms with Crippen LogP contribution in [0.3, 0.4) is 0 Å². The molecule has 2 aromatic heterocycles. The lowest BCUT2D eigenvalue weighted by Gasteiger charge is -2.36. The number of aromatic nitrogens is 3.